The molecule has 88 valence electrons. The molecule has 1 aliphatic heterocycles. The number of carbonyl (C=O) groups is 1. The molecular weight excluding hydrogens is 221 g/mol. The summed E-state index contributed by atoms with van der Waals surface area (Å²) in [6.45, 7) is 0.694. The second kappa shape index (κ2) is 4.42. The summed E-state index contributed by atoms with van der Waals surface area (Å²) in [5.74, 6) is -0.458. The molecule has 0 bridgehead atoms. The van der Waals surface area contributed by atoms with E-state index in [1.807, 2.05) is 6.07 Å². The Labute approximate surface area is 98.6 Å². The van der Waals surface area contributed by atoms with Gasteiger partial charge in [-0.1, -0.05) is 0 Å². The van der Waals surface area contributed by atoms with E-state index >= 15 is 0 Å². The summed E-state index contributed by atoms with van der Waals surface area (Å²) in [7, 11) is 1.74. The largest absolute Gasteiger partial charge is 0.373 e. The van der Waals surface area contributed by atoms with Crippen LogP contribution in [-0.4, -0.2) is 30.4 Å². The Morgan fingerprint density at radius 2 is 2.35 bits per heavy atom. The van der Waals surface area contributed by atoms with Crippen molar-refractivity contribution in [3.8, 4) is 6.07 Å². The summed E-state index contributed by atoms with van der Waals surface area (Å²) in [5, 5.41) is 11.9. The number of nitrogens with one attached hydrogen (secondary N) is 1. The zero-order valence-corrected chi connectivity index (χ0v) is 9.40. The molecule has 1 unspecified atom stereocenters. The summed E-state index contributed by atoms with van der Waals surface area (Å²) >= 11 is 0. The monoisotopic (exact) mass is 233 g/mol. The number of amides is 1. The molecule has 17 heavy (non-hydrogen) atoms. The van der Waals surface area contributed by atoms with Crippen LogP contribution in [0.1, 0.15) is 12.0 Å². The van der Waals surface area contributed by atoms with Crippen molar-refractivity contribution in [2.75, 3.05) is 18.9 Å². The van der Waals surface area contributed by atoms with Gasteiger partial charge >= 0.3 is 0 Å². The number of benzene rings is 1. The fraction of sp³-hybridized carbons (Fsp3) is 0.333. The third kappa shape index (κ3) is 2.21. The van der Waals surface area contributed by atoms with Crippen molar-refractivity contribution in [3.05, 3.63) is 29.6 Å². The Balaban J connectivity index is 2.20. The topological polar surface area (TPSA) is 56.1 Å². The highest BCUT2D eigenvalue weighted by Gasteiger charge is 2.29. The normalized spacial score (nSPS) is 19.2. The number of carbonyl (C=O) groups excluding carboxylic acids is 1. The van der Waals surface area contributed by atoms with Crippen LogP contribution in [0.25, 0.3) is 0 Å². The molecule has 0 saturated carbocycles. The van der Waals surface area contributed by atoms with E-state index in [4.69, 9.17) is 5.26 Å². The first kappa shape index (κ1) is 11.4. The molecular formula is C12H12FN3O. The lowest BCUT2D eigenvalue weighted by atomic mass is 10.1. The molecule has 0 radical (unpaired) electrons. The summed E-state index contributed by atoms with van der Waals surface area (Å²) in [6.07, 6.45) is 0.692. The molecule has 1 atom stereocenters. The number of nitrogens with zero attached hydrogens (tertiary/aromatic N) is 2. The SMILES string of the molecule is CN1CCC(Nc2ccc(F)cc2C#N)C1=O. The Kier molecular flexibility index (Phi) is 2.96. The van der Waals surface area contributed by atoms with Gasteiger partial charge in [0.1, 0.15) is 17.9 Å². The van der Waals surface area contributed by atoms with Gasteiger partial charge in [-0.25, -0.2) is 4.39 Å². The minimum Gasteiger partial charge on any atom is -0.373 e. The van der Waals surface area contributed by atoms with Crippen molar-refractivity contribution in [2.45, 2.75) is 12.5 Å². The summed E-state index contributed by atoms with van der Waals surface area (Å²) in [5.41, 5.74) is 0.718. The molecule has 4 nitrogen and oxygen atoms in total. The highest BCUT2D eigenvalue weighted by molar-refractivity contribution is 5.86. The molecule has 1 fully saturated rings. The van der Waals surface area contributed by atoms with Crippen LogP contribution in [0.4, 0.5) is 10.1 Å². The van der Waals surface area contributed by atoms with E-state index in [2.05, 4.69) is 5.32 Å². The molecule has 1 amide bonds. The Hall–Kier alpha value is -2.09. The maximum atomic E-state index is 12.9. The molecule has 1 N–H and O–H groups in total. The zero-order chi connectivity index (χ0) is 12.4. The molecule has 1 aromatic carbocycles. The predicted octanol–water partition coefficient (Wildman–Crippen LogP) is 1.34. The lowest BCUT2D eigenvalue weighted by Gasteiger charge is -2.14. The minimum atomic E-state index is -0.457. The third-order valence-electron chi connectivity index (χ3n) is 2.86. The lowest BCUT2D eigenvalue weighted by Crippen LogP contribution is -2.31. The van der Waals surface area contributed by atoms with Crippen LogP contribution >= 0.6 is 0 Å². The van der Waals surface area contributed by atoms with Crippen LogP contribution in [0, 0.1) is 17.1 Å². The molecule has 5 heteroatoms. The number of hydrogen-bond acceptors (Lipinski definition) is 3. The van der Waals surface area contributed by atoms with E-state index in [1.54, 1.807) is 11.9 Å². The van der Waals surface area contributed by atoms with Crippen LogP contribution in [0.5, 0.6) is 0 Å². The van der Waals surface area contributed by atoms with Crippen LogP contribution in [0.3, 0.4) is 0 Å². The number of anilines is 1. The van der Waals surface area contributed by atoms with Crippen molar-refractivity contribution in [2.24, 2.45) is 0 Å². The smallest absolute Gasteiger partial charge is 0.244 e. The van der Waals surface area contributed by atoms with Gasteiger partial charge in [0, 0.05) is 13.6 Å². The van der Waals surface area contributed by atoms with E-state index in [1.165, 1.54) is 12.1 Å². The first-order valence-corrected chi connectivity index (χ1v) is 5.33. The second-order valence-electron chi connectivity index (χ2n) is 4.05. The summed E-state index contributed by atoms with van der Waals surface area (Å²) < 4.78 is 12.9. The first-order valence-electron chi connectivity index (χ1n) is 5.33. The molecule has 0 spiro atoms. The Bertz CT molecular complexity index is 495. The molecule has 1 heterocycles. The average Bonchev–Trinajstić information content (AvgIpc) is 2.63. The van der Waals surface area contributed by atoms with E-state index in [0.717, 1.165) is 6.07 Å². The first-order chi connectivity index (χ1) is 8.11. The van der Waals surface area contributed by atoms with Gasteiger partial charge in [-0.05, 0) is 24.6 Å². The van der Waals surface area contributed by atoms with Gasteiger partial charge in [0.2, 0.25) is 5.91 Å². The quantitative estimate of drug-likeness (QED) is 0.838. The highest BCUT2D eigenvalue weighted by Crippen LogP contribution is 2.20. The fourth-order valence-corrected chi connectivity index (χ4v) is 1.88. The van der Waals surface area contributed by atoms with Gasteiger partial charge in [-0.15, -0.1) is 0 Å². The summed E-state index contributed by atoms with van der Waals surface area (Å²) in [6, 6.07) is 5.50. The molecule has 1 saturated heterocycles. The zero-order valence-electron chi connectivity index (χ0n) is 9.40. The number of hydrogen-bond donors (Lipinski definition) is 1. The average molecular weight is 233 g/mol. The van der Waals surface area contributed by atoms with Crippen LogP contribution < -0.4 is 5.32 Å². The van der Waals surface area contributed by atoms with Crippen molar-refractivity contribution in [3.63, 3.8) is 0 Å². The van der Waals surface area contributed by atoms with E-state index in [9.17, 15) is 9.18 Å². The maximum Gasteiger partial charge on any atom is 0.244 e. The van der Waals surface area contributed by atoms with Gasteiger partial charge in [0.15, 0.2) is 0 Å². The molecule has 2 rings (SSSR count). The highest BCUT2D eigenvalue weighted by atomic mass is 19.1. The second-order valence-corrected chi connectivity index (χ2v) is 4.05. The van der Waals surface area contributed by atoms with Gasteiger partial charge < -0.3 is 10.2 Å². The predicted molar refractivity (Wildman–Crippen MR) is 60.8 cm³/mol. The number of likely N-dealkylation sites (N-methyl/N-ethyl adjacent to an activating group) is 1. The van der Waals surface area contributed by atoms with Gasteiger partial charge in [0.25, 0.3) is 0 Å². The Morgan fingerprint density at radius 3 is 2.94 bits per heavy atom. The van der Waals surface area contributed by atoms with Gasteiger partial charge in [-0.2, -0.15) is 5.26 Å². The van der Waals surface area contributed by atoms with Crippen LogP contribution in [-0.2, 0) is 4.79 Å². The number of likely N-dealkylation sites (tertiary alicyclic amines) is 1. The van der Waals surface area contributed by atoms with E-state index in [-0.39, 0.29) is 17.5 Å². The van der Waals surface area contributed by atoms with Gasteiger partial charge in [-0.3, -0.25) is 4.79 Å². The number of halogens is 1. The molecule has 0 aromatic heterocycles. The Morgan fingerprint density at radius 1 is 1.59 bits per heavy atom. The number of nitriles is 1. The van der Waals surface area contributed by atoms with Crippen molar-refractivity contribution >= 4 is 11.6 Å². The molecule has 0 aliphatic carbocycles. The molecule has 1 aromatic rings. The van der Waals surface area contributed by atoms with Crippen molar-refractivity contribution in [1.29, 1.82) is 5.26 Å². The third-order valence-corrected chi connectivity index (χ3v) is 2.86. The van der Waals surface area contributed by atoms with Gasteiger partial charge in [0.05, 0.1) is 11.3 Å². The van der Waals surface area contributed by atoms with E-state index in [0.29, 0.717) is 18.7 Å². The maximum absolute atomic E-state index is 12.9. The van der Waals surface area contributed by atoms with Crippen molar-refractivity contribution in [1.82, 2.24) is 4.90 Å². The van der Waals surface area contributed by atoms with E-state index < -0.39 is 5.82 Å². The van der Waals surface area contributed by atoms with Crippen molar-refractivity contribution < 1.29 is 9.18 Å². The lowest BCUT2D eigenvalue weighted by molar-refractivity contribution is -0.127. The van der Waals surface area contributed by atoms with Crippen LogP contribution in [0.15, 0.2) is 18.2 Å². The minimum absolute atomic E-state index is 0.00165. The van der Waals surface area contributed by atoms with Crippen LogP contribution in [0.2, 0.25) is 0 Å². The summed E-state index contributed by atoms with van der Waals surface area (Å²) in [4.78, 5) is 13.3. The standard InChI is InChI=1S/C12H12FN3O/c1-16-5-4-11(12(16)17)15-10-3-2-9(13)6-8(10)7-14/h2-3,6,11,15H,4-5H2,1H3. The fourth-order valence-electron chi connectivity index (χ4n) is 1.88. The number of rotatable bonds is 2. The molecule has 1 aliphatic rings.